The van der Waals surface area contributed by atoms with Crippen LogP contribution in [0.15, 0.2) is 11.6 Å². The molecule has 2 N–H and O–H groups in total. The van der Waals surface area contributed by atoms with E-state index in [2.05, 4.69) is 47.6 Å². The zero-order valence-electron chi connectivity index (χ0n) is 22.7. The van der Waals surface area contributed by atoms with Crippen LogP contribution >= 0.6 is 0 Å². The summed E-state index contributed by atoms with van der Waals surface area (Å²) in [6, 6.07) is 0. The van der Waals surface area contributed by atoms with E-state index in [1.807, 2.05) is 0 Å². The monoisotopic (exact) mass is 458 g/mol. The van der Waals surface area contributed by atoms with E-state index in [9.17, 15) is 10.2 Å². The minimum atomic E-state index is -0.459. The molecule has 2 nitrogen and oxygen atoms in total. The number of hydrogen-bond acceptors (Lipinski definition) is 2. The second-order valence-electron chi connectivity index (χ2n) is 13.7. The van der Waals surface area contributed by atoms with Crippen molar-refractivity contribution in [3.8, 4) is 0 Å². The van der Waals surface area contributed by atoms with Crippen LogP contribution in [0.5, 0.6) is 0 Å². The van der Waals surface area contributed by atoms with E-state index < -0.39 is 5.60 Å². The van der Waals surface area contributed by atoms with Gasteiger partial charge in [-0.3, -0.25) is 0 Å². The van der Waals surface area contributed by atoms with Gasteiger partial charge in [-0.2, -0.15) is 0 Å². The highest BCUT2D eigenvalue weighted by Crippen LogP contribution is 2.67. The maximum atomic E-state index is 11.2. The summed E-state index contributed by atoms with van der Waals surface area (Å²) in [6.07, 6.45) is 17.8. The van der Waals surface area contributed by atoms with E-state index in [-0.39, 0.29) is 6.10 Å². The van der Waals surface area contributed by atoms with Crippen molar-refractivity contribution >= 4 is 0 Å². The van der Waals surface area contributed by atoms with Crippen molar-refractivity contribution in [3.63, 3.8) is 0 Å². The lowest BCUT2D eigenvalue weighted by Gasteiger charge is -2.59. The normalized spacial score (nSPS) is 45.4. The highest BCUT2D eigenvalue weighted by Gasteiger charge is 2.60. The van der Waals surface area contributed by atoms with Gasteiger partial charge in [0.2, 0.25) is 0 Å². The molecule has 0 aromatic carbocycles. The fraction of sp³-hybridized carbons (Fsp3) is 0.935. The zero-order valence-corrected chi connectivity index (χ0v) is 22.7. The van der Waals surface area contributed by atoms with Gasteiger partial charge in [-0.15, -0.1) is 0 Å². The minimum absolute atomic E-state index is 0.143. The zero-order chi connectivity index (χ0) is 24.0. The summed E-state index contributed by atoms with van der Waals surface area (Å²) >= 11 is 0. The molecule has 4 aliphatic rings. The van der Waals surface area contributed by atoms with Crippen LogP contribution in [0.3, 0.4) is 0 Å². The Morgan fingerprint density at radius 2 is 1.79 bits per heavy atom. The van der Waals surface area contributed by atoms with E-state index in [0.29, 0.717) is 28.6 Å². The van der Waals surface area contributed by atoms with Crippen molar-refractivity contribution in [2.45, 2.75) is 137 Å². The molecule has 0 radical (unpaired) electrons. The molecule has 0 heterocycles. The van der Waals surface area contributed by atoms with Crippen LogP contribution in [0.4, 0.5) is 0 Å². The Morgan fingerprint density at radius 3 is 2.48 bits per heavy atom. The van der Waals surface area contributed by atoms with Gasteiger partial charge in [-0.25, -0.2) is 0 Å². The molecule has 0 aromatic rings. The summed E-state index contributed by atoms with van der Waals surface area (Å²) in [5.74, 6) is 4.15. The molecule has 0 aromatic heterocycles. The Balaban J connectivity index is 1.48. The molecule has 190 valence electrons. The standard InChI is InChI=1S/C31H54O2/c1-7-9-10-21(3)19-28(32)22(4)25-13-14-26-24-12-11-23-20-31(33,8-2)18-17-29(23,5)27(24)15-16-30(25,26)6/h11,21-22,24-28,32-33H,7-10,12-20H2,1-6H3/t21?,22-,24-,25+,26-,27-,28-,29-,30+,31-/m0/s1. The fourth-order valence-electron chi connectivity index (χ4n) is 9.48. The largest absolute Gasteiger partial charge is 0.393 e. The Bertz CT molecular complexity index is 714. The van der Waals surface area contributed by atoms with Crippen LogP contribution in [0.25, 0.3) is 0 Å². The minimum Gasteiger partial charge on any atom is -0.393 e. The molecule has 4 aliphatic carbocycles. The maximum absolute atomic E-state index is 11.2. The number of aliphatic hydroxyl groups excluding tert-OH is 1. The lowest BCUT2D eigenvalue weighted by atomic mass is 9.46. The fourth-order valence-corrected chi connectivity index (χ4v) is 9.48. The molecule has 33 heavy (non-hydrogen) atoms. The Hall–Kier alpha value is -0.340. The second-order valence-corrected chi connectivity index (χ2v) is 13.7. The Kier molecular flexibility index (Phi) is 7.49. The van der Waals surface area contributed by atoms with Gasteiger partial charge >= 0.3 is 0 Å². The number of allylic oxidation sites excluding steroid dienone is 1. The molecular weight excluding hydrogens is 404 g/mol. The first-order chi connectivity index (χ1) is 15.6. The summed E-state index contributed by atoms with van der Waals surface area (Å²) in [5.41, 5.74) is 1.83. The van der Waals surface area contributed by atoms with Gasteiger partial charge in [-0.05, 0) is 111 Å². The molecule has 10 atom stereocenters. The predicted molar refractivity (Wildman–Crippen MR) is 139 cm³/mol. The van der Waals surface area contributed by atoms with Gasteiger partial charge in [0.05, 0.1) is 11.7 Å². The van der Waals surface area contributed by atoms with Crippen LogP contribution in [-0.2, 0) is 0 Å². The van der Waals surface area contributed by atoms with Crippen molar-refractivity contribution in [1.82, 2.24) is 0 Å². The van der Waals surface area contributed by atoms with E-state index in [0.717, 1.165) is 43.4 Å². The third kappa shape index (κ3) is 4.50. The highest BCUT2D eigenvalue weighted by molar-refractivity contribution is 5.27. The van der Waals surface area contributed by atoms with E-state index in [1.165, 1.54) is 57.8 Å². The molecule has 3 saturated carbocycles. The van der Waals surface area contributed by atoms with E-state index >= 15 is 0 Å². The molecular formula is C31H54O2. The molecule has 2 heteroatoms. The first-order valence-corrected chi connectivity index (χ1v) is 14.7. The van der Waals surface area contributed by atoms with Crippen LogP contribution in [0.2, 0.25) is 0 Å². The third-order valence-corrected chi connectivity index (χ3v) is 11.9. The van der Waals surface area contributed by atoms with Crippen LogP contribution in [-0.4, -0.2) is 21.9 Å². The molecule has 0 saturated heterocycles. The summed E-state index contributed by atoms with van der Waals surface area (Å²) in [7, 11) is 0. The SMILES string of the molecule is CCCCC(C)C[C@H](O)[C@@H](C)[C@H]1CC[C@H]2[C@@H]3CC=C4C[C@](O)(CC)CC[C@]4(C)[C@H]3CC[C@]12C. The summed E-state index contributed by atoms with van der Waals surface area (Å²) < 4.78 is 0. The summed E-state index contributed by atoms with van der Waals surface area (Å²) in [5, 5.41) is 22.2. The smallest absolute Gasteiger partial charge is 0.0682 e. The quantitative estimate of drug-likeness (QED) is 0.363. The molecule has 3 fully saturated rings. The average molecular weight is 459 g/mol. The first kappa shape index (κ1) is 25.7. The second kappa shape index (κ2) is 9.61. The van der Waals surface area contributed by atoms with Gasteiger partial charge in [0.15, 0.2) is 0 Å². The average Bonchev–Trinajstić information content (AvgIpc) is 3.14. The van der Waals surface area contributed by atoms with Gasteiger partial charge in [0.25, 0.3) is 0 Å². The topological polar surface area (TPSA) is 40.5 Å². The number of rotatable bonds is 8. The molecule has 4 rings (SSSR count). The highest BCUT2D eigenvalue weighted by atomic mass is 16.3. The van der Waals surface area contributed by atoms with E-state index in [4.69, 9.17) is 0 Å². The maximum Gasteiger partial charge on any atom is 0.0682 e. The summed E-state index contributed by atoms with van der Waals surface area (Å²) in [6.45, 7) is 14.3. The van der Waals surface area contributed by atoms with Crippen LogP contribution in [0.1, 0.15) is 125 Å². The Labute approximate surface area is 205 Å². The predicted octanol–water partition coefficient (Wildman–Crippen LogP) is 7.92. The lowest BCUT2D eigenvalue weighted by molar-refractivity contribution is -0.0823. The molecule has 0 spiro atoms. The number of hydrogen-bond donors (Lipinski definition) is 2. The molecule has 0 bridgehead atoms. The van der Waals surface area contributed by atoms with Crippen molar-refractivity contribution in [1.29, 1.82) is 0 Å². The van der Waals surface area contributed by atoms with Gasteiger partial charge in [0.1, 0.15) is 0 Å². The molecule has 0 aliphatic heterocycles. The van der Waals surface area contributed by atoms with Crippen molar-refractivity contribution < 1.29 is 10.2 Å². The molecule has 0 amide bonds. The lowest BCUT2D eigenvalue weighted by Crippen LogP contribution is -2.52. The van der Waals surface area contributed by atoms with Crippen molar-refractivity contribution in [2.75, 3.05) is 0 Å². The summed E-state index contributed by atoms with van der Waals surface area (Å²) in [4.78, 5) is 0. The molecule has 1 unspecified atom stereocenters. The van der Waals surface area contributed by atoms with Gasteiger partial charge < -0.3 is 10.2 Å². The van der Waals surface area contributed by atoms with Crippen molar-refractivity contribution in [3.05, 3.63) is 11.6 Å². The third-order valence-electron chi connectivity index (χ3n) is 11.9. The van der Waals surface area contributed by atoms with Gasteiger partial charge in [-0.1, -0.05) is 72.5 Å². The number of fused-ring (bicyclic) bond motifs is 5. The van der Waals surface area contributed by atoms with E-state index in [1.54, 1.807) is 5.57 Å². The van der Waals surface area contributed by atoms with Crippen molar-refractivity contribution in [2.24, 2.45) is 46.3 Å². The first-order valence-electron chi connectivity index (χ1n) is 14.7. The van der Waals surface area contributed by atoms with Gasteiger partial charge in [0, 0.05) is 0 Å². The van der Waals surface area contributed by atoms with Crippen LogP contribution < -0.4 is 0 Å². The Morgan fingerprint density at radius 1 is 1.03 bits per heavy atom. The number of unbranched alkanes of at least 4 members (excludes halogenated alkanes) is 1. The van der Waals surface area contributed by atoms with Crippen LogP contribution in [0, 0.1) is 46.3 Å². The number of aliphatic hydroxyl groups is 2.